The Morgan fingerprint density at radius 1 is 1.38 bits per heavy atom. The lowest BCUT2D eigenvalue weighted by molar-refractivity contribution is 0.135. The lowest BCUT2D eigenvalue weighted by Crippen LogP contribution is -2.24. The van der Waals surface area contributed by atoms with E-state index in [9.17, 15) is 4.79 Å². The van der Waals surface area contributed by atoms with Gasteiger partial charge < -0.3 is 9.47 Å². The van der Waals surface area contributed by atoms with Gasteiger partial charge in [-0.2, -0.15) is 0 Å². The molecule has 1 amide bonds. The number of amides is 1. The molecule has 0 aromatic heterocycles. The van der Waals surface area contributed by atoms with Crippen molar-refractivity contribution in [1.82, 2.24) is 0 Å². The molecular weight excluding hydrogens is 290 g/mol. The minimum Gasteiger partial charge on any atom is -0.495 e. The van der Waals surface area contributed by atoms with Gasteiger partial charge in [0.15, 0.2) is 0 Å². The Morgan fingerprint density at radius 3 is 2.90 bits per heavy atom. The molecule has 1 aliphatic heterocycles. The topological polar surface area (TPSA) is 38.8 Å². The molecule has 1 saturated heterocycles. The fraction of sp³-hybridized carbons (Fsp3) is 0.562. The van der Waals surface area contributed by atoms with E-state index in [1.54, 1.807) is 24.1 Å². The van der Waals surface area contributed by atoms with Gasteiger partial charge >= 0.3 is 6.09 Å². The number of carbonyl (C=O) groups excluding carboxylic acids is 1. The molecule has 1 atom stereocenters. The maximum atomic E-state index is 12.0. The molecule has 0 radical (unpaired) electrons. The Kier molecular flexibility index (Phi) is 5.74. The molecule has 1 aromatic rings. The zero-order chi connectivity index (χ0) is 15.2. The highest BCUT2D eigenvalue weighted by Gasteiger charge is 2.32. The highest BCUT2D eigenvalue weighted by molar-refractivity contribution is 6.32. The van der Waals surface area contributed by atoms with Crippen LogP contribution in [0.2, 0.25) is 5.02 Å². The van der Waals surface area contributed by atoms with E-state index in [1.807, 2.05) is 6.07 Å². The second-order valence-electron chi connectivity index (χ2n) is 5.28. The predicted octanol–water partition coefficient (Wildman–Crippen LogP) is 4.64. The van der Waals surface area contributed by atoms with Crippen LogP contribution in [0.4, 0.5) is 10.5 Å². The Labute approximate surface area is 131 Å². The largest absolute Gasteiger partial charge is 0.495 e. The highest BCUT2D eigenvalue weighted by atomic mass is 35.5. The fourth-order valence-electron chi connectivity index (χ4n) is 2.50. The van der Waals surface area contributed by atoms with E-state index in [1.165, 1.54) is 19.3 Å². The number of unbranched alkanes of at least 4 members (excludes halogenated alkanes) is 3. The van der Waals surface area contributed by atoms with E-state index >= 15 is 0 Å². The number of ether oxygens (including phenoxy) is 2. The Morgan fingerprint density at radius 2 is 2.19 bits per heavy atom. The van der Waals surface area contributed by atoms with Crippen LogP contribution in [0.5, 0.6) is 5.75 Å². The van der Waals surface area contributed by atoms with Gasteiger partial charge in [0.25, 0.3) is 0 Å². The van der Waals surface area contributed by atoms with E-state index in [0.29, 0.717) is 17.3 Å². The van der Waals surface area contributed by atoms with Crippen LogP contribution >= 0.6 is 11.6 Å². The van der Waals surface area contributed by atoms with E-state index in [0.717, 1.165) is 18.5 Å². The molecule has 0 spiro atoms. The number of benzene rings is 1. The number of anilines is 1. The molecule has 5 heteroatoms. The first-order valence-corrected chi connectivity index (χ1v) is 7.85. The van der Waals surface area contributed by atoms with Crippen molar-refractivity contribution in [3.63, 3.8) is 0 Å². The molecule has 1 aliphatic rings. The normalized spacial score (nSPS) is 18.0. The van der Waals surface area contributed by atoms with E-state index in [2.05, 4.69) is 6.92 Å². The van der Waals surface area contributed by atoms with Crippen LogP contribution in [0.3, 0.4) is 0 Å². The zero-order valence-corrected chi connectivity index (χ0v) is 13.4. The molecule has 1 heterocycles. The number of hydrogen-bond donors (Lipinski definition) is 0. The van der Waals surface area contributed by atoms with Crippen molar-refractivity contribution in [2.75, 3.05) is 18.6 Å². The van der Waals surface area contributed by atoms with Gasteiger partial charge in [-0.05, 0) is 25.0 Å². The summed E-state index contributed by atoms with van der Waals surface area (Å²) < 4.78 is 10.6. The monoisotopic (exact) mass is 311 g/mol. The molecule has 1 fully saturated rings. The average molecular weight is 312 g/mol. The number of halogens is 1. The molecule has 0 bridgehead atoms. The fourth-order valence-corrected chi connectivity index (χ4v) is 2.69. The quantitative estimate of drug-likeness (QED) is 0.688. The summed E-state index contributed by atoms with van der Waals surface area (Å²) in [4.78, 5) is 13.6. The minimum atomic E-state index is -0.292. The Balaban J connectivity index is 1.96. The third-order valence-corrected chi connectivity index (χ3v) is 4.01. The van der Waals surface area contributed by atoms with Crippen LogP contribution in [0.15, 0.2) is 18.2 Å². The molecule has 1 aromatic carbocycles. The second kappa shape index (κ2) is 7.55. The van der Waals surface area contributed by atoms with E-state index < -0.39 is 0 Å². The van der Waals surface area contributed by atoms with Gasteiger partial charge in [-0.3, -0.25) is 4.90 Å². The first-order valence-electron chi connectivity index (χ1n) is 7.47. The standard InChI is InChI=1S/C16H22ClNO3/c1-3-4-5-6-7-13-11-18(16(19)21-13)12-8-9-14(17)15(10-12)20-2/h8-10,13H,3-7,11H2,1-2H3. The predicted molar refractivity (Wildman–Crippen MR) is 84.4 cm³/mol. The zero-order valence-electron chi connectivity index (χ0n) is 12.6. The van der Waals surface area contributed by atoms with Crippen LogP contribution in [0.1, 0.15) is 39.0 Å². The van der Waals surface area contributed by atoms with E-state index in [-0.39, 0.29) is 12.2 Å². The maximum Gasteiger partial charge on any atom is 0.414 e. The lowest BCUT2D eigenvalue weighted by Gasteiger charge is -2.14. The summed E-state index contributed by atoms with van der Waals surface area (Å²) in [5.41, 5.74) is 0.761. The Bertz CT molecular complexity index is 492. The molecule has 2 rings (SSSR count). The summed E-state index contributed by atoms with van der Waals surface area (Å²) in [6, 6.07) is 5.31. The van der Waals surface area contributed by atoms with Crippen molar-refractivity contribution in [1.29, 1.82) is 0 Å². The van der Waals surface area contributed by atoms with Crippen LogP contribution in [-0.2, 0) is 4.74 Å². The number of carbonyl (C=O) groups is 1. The molecule has 116 valence electrons. The summed E-state index contributed by atoms with van der Waals surface area (Å²) in [5.74, 6) is 0.563. The first-order chi connectivity index (χ1) is 10.2. The molecule has 1 unspecified atom stereocenters. The smallest absolute Gasteiger partial charge is 0.414 e. The van der Waals surface area contributed by atoms with Crippen molar-refractivity contribution >= 4 is 23.4 Å². The number of hydrogen-bond acceptors (Lipinski definition) is 3. The summed E-state index contributed by atoms with van der Waals surface area (Å²) in [6.45, 7) is 2.78. The average Bonchev–Trinajstić information content (AvgIpc) is 2.85. The van der Waals surface area contributed by atoms with Gasteiger partial charge in [0.1, 0.15) is 11.9 Å². The van der Waals surface area contributed by atoms with Crippen molar-refractivity contribution in [3.8, 4) is 5.75 Å². The SMILES string of the molecule is CCCCCCC1CN(c2ccc(Cl)c(OC)c2)C(=O)O1. The van der Waals surface area contributed by atoms with Gasteiger partial charge in [-0.1, -0.05) is 37.8 Å². The summed E-state index contributed by atoms with van der Waals surface area (Å²) in [7, 11) is 1.56. The first kappa shape index (κ1) is 16.0. The van der Waals surface area contributed by atoms with Crippen LogP contribution in [0, 0.1) is 0 Å². The molecule has 0 aliphatic carbocycles. The minimum absolute atomic E-state index is 0.0176. The number of cyclic esters (lactones) is 1. The Hall–Kier alpha value is -1.42. The second-order valence-corrected chi connectivity index (χ2v) is 5.69. The van der Waals surface area contributed by atoms with Gasteiger partial charge in [0.05, 0.1) is 24.4 Å². The third-order valence-electron chi connectivity index (χ3n) is 3.70. The van der Waals surface area contributed by atoms with Crippen LogP contribution in [0.25, 0.3) is 0 Å². The lowest BCUT2D eigenvalue weighted by atomic mass is 10.1. The molecule has 21 heavy (non-hydrogen) atoms. The van der Waals surface area contributed by atoms with Gasteiger partial charge in [-0.15, -0.1) is 0 Å². The maximum absolute atomic E-state index is 12.0. The van der Waals surface area contributed by atoms with Gasteiger partial charge in [0.2, 0.25) is 0 Å². The van der Waals surface area contributed by atoms with Crippen molar-refractivity contribution in [2.45, 2.75) is 45.1 Å². The highest BCUT2D eigenvalue weighted by Crippen LogP contribution is 2.31. The van der Waals surface area contributed by atoms with Gasteiger partial charge in [-0.25, -0.2) is 4.79 Å². The van der Waals surface area contributed by atoms with Crippen molar-refractivity contribution < 1.29 is 14.3 Å². The van der Waals surface area contributed by atoms with Crippen molar-refractivity contribution in [2.24, 2.45) is 0 Å². The van der Waals surface area contributed by atoms with Crippen molar-refractivity contribution in [3.05, 3.63) is 23.2 Å². The van der Waals surface area contributed by atoms with Crippen LogP contribution < -0.4 is 9.64 Å². The van der Waals surface area contributed by atoms with Crippen LogP contribution in [-0.4, -0.2) is 25.9 Å². The number of nitrogens with zero attached hydrogens (tertiary/aromatic N) is 1. The van der Waals surface area contributed by atoms with Gasteiger partial charge in [0, 0.05) is 6.07 Å². The number of rotatable bonds is 7. The third kappa shape index (κ3) is 4.03. The summed E-state index contributed by atoms with van der Waals surface area (Å²) in [6.07, 6.45) is 5.35. The molecule has 4 nitrogen and oxygen atoms in total. The molecule has 0 N–H and O–H groups in total. The van der Waals surface area contributed by atoms with E-state index in [4.69, 9.17) is 21.1 Å². The molecular formula is C16H22ClNO3. The summed E-state index contributed by atoms with van der Waals surface area (Å²) in [5, 5.41) is 0.532. The molecule has 0 saturated carbocycles. The number of methoxy groups -OCH3 is 1. The summed E-state index contributed by atoms with van der Waals surface area (Å²) >= 11 is 6.01.